The smallest absolute Gasteiger partial charge is 0.0295 e. The van der Waals surface area contributed by atoms with Gasteiger partial charge in [-0.25, -0.2) is 0 Å². The molecule has 0 aromatic rings. The average molecular weight is 179 g/mol. The normalized spacial score (nSPS) is 20.0. The SMILES string of the molecule is C=C(NC1CCCCC1)/C(C)=C\C. The zero-order chi connectivity index (χ0) is 9.68. The lowest BCUT2D eigenvalue weighted by Gasteiger charge is -2.25. The second-order valence-corrected chi connectivity index (χ2v) is 3.93. The van der Waals surface area contributed by atoms with E-state index < -0.39 is 0 Å². The summed E-state index contributed by atoms with van der Waals surface area (Å²) in [6, 6.07) is 0.677. The Kier molecular flexibility index (Phi) is 4.07. The molecule has 0 atom stereocenters. The molecular weight excluding hydrogens is 158 g/mol. The highest BCUT2D eigenvalue weighted by atomic mass is 14.9. The molecule has 1 aliphatic rings. The number of hydrogen-bond acceptors (Lipinski definition) is 1. The molecule has 0 aromatic carbocycles. The maximum atomic E-state index is 4.04. The molecule has 0 unspecified atom stereocenters. The van der Waals surface area contributed by atoms with Gasteiger partial charge in [0, 0.05) is 11.7 Å². The van der Waals surface area contributed by atoms with E-state index in [1.54, 1.807) is 0 Å². The molecule has 1 N–H and O–H groups in total. The first-order valence-electron chi connectivity index (χ1n) is 5.32. The highest BCUT2D eigenvalue weighted by Crippen LogP contribution is 2.19. The molecule has 1 saturated carbocycles. The third-order valence-electron chi connectivity index (χ3n) is 2.89. The lowest BCUT2D eigenvalue weighted by molar-refractivity contribution is 0.398. The average Bonchev–Trinajstić information content (AvgIpc) is 2.18. The fourth-order valence-corrected chi connectivity index (χ4v) is 1.78. The Morgan fingerprint density at radius 3 is 2.46 bits per heavy atom. The van der Waals surface area contributed by atoms with Gasteiger partial charge in [-0.05, 0) is 32.3 Å². The lowest BCUT2D eigenvalue weighted by Crippen LogP contribution is -2.30. The molecule has 0 bridgehead atoms. The zero-order valence-electron chi connectivity index (χ0n) is 8.90. The van der Waals surface area contributed by atoms with Gasteiger partial charge in [0.2, 0.25) is 0 Å². The monoisotopic (exact) mass is 179 g/mol. The van der Waals surface area contributed by atoms with Gasteiger partial charge in [-0.15, -0.1) is 0 Å². The van der Waals surface area contributed by atoms with Crippen LogP contribution in [-0.4, -0.2) is 6.04 Å². The predicted octanol–water partition coefficient (Wildman–Crippen LogP) is 3.39. The third-order valence-corrected chi connectivity index (χ3v) is 2.89. The predicted molar refractivity (Wildman–Crippen MR) is 58.6 cm³/mol. The van der Waals surface area contributed by atoms with Crippen LogP contribution in [0.4, 0.5) is 0 Å². The summed E-state index contributed by atoms with van der Waals surface area (Å²) in [7, 11) is 0. The van der Waals surface area contributed by atoms with E-state index in [1.165, 1.54) is 37.7 Å². The van der Waals surface area contributed by atoms with E-state index in [2.05, 4.69) is 31.8 Å². The molecule has 1 heteroatoms. The van der Waals surface area contributed by atoms with Crippen molar-refractivity contribution in [2.45, 2.75) is 52.0 Å². The summed E-state index contributed by atoms with van der Waals surface area (Å²) in [5.74, 6) is 0. The van der Waals surface area contributed by atoms with Gasteiger partial charge in [0.15, 0.2) is 0 Å². The van der Waals surface area contributed by atoms with Crippen LogP contribution < -0.4 is 5.32 Å². The van der Waals surface area contributed by atoms with Crippen molar-refractivity contribution in [1.82, 2.24) is 5.32 Å². The van der Waals surface area contributed by atoms with Crippen LogP contribution in [-0.2, 0) is 0 Å². The van der Waals surface area contributed by atoms with Crippen LogP contribution >= 0.6 is 0 Å². The van der Waals surface area contributed by atoms with Crippen molar-refractivity contribution in [2.75, 3.05) is 0 Å². The number of rotatable bonds is 3. The molecule has 0 heterocycles. The number of allylic oxidation sites excluding steroid dienone is 2. The van der Waals surface area contributed by atoms with Crippen LogP contribution in [0, 0.1) is 0 Å². The molecule has 0 saturated heterocycles. The van der Waals surface area contributed by atoms with Crippen molar-refractivity contribution < 1.29 is 0 Å². The topological polar surface area (TPSA) is 12.0 Å². The van der Waals surface area contributed by atoms with Crippen LogP contribution in [0.15, 0.2) is 23.9 Å². The summed E-state index contributed by atoms with van der Waals surface area (Å²) >= 11 is 0. The van der Waals surface area contributed by atoms with Gasteiger partial charge in [-0.3, -0.25) is 0 Å². The van der Waals surface area contributed by atoms with Gasteiger partial charge in [0.1, 0.15) is 0 Å². The van der Waals surface area contributed by atoms with Crippen LogP contribution in [0.25, 0.3) is 0 Å². The minimum atomic E-state index is 0.677. The Hall–Kier alpha value is -0.720. The van der Waals surface area contributed by atoms with Crippen molar-refractivity contribution in [2.24, 2.45) is 0 Å². The zero-order valence-corrected chi connectivity index (χ0v) is 8.90. The maximum absolute atomic E-state index is 4.04. The standard InChI is InChI=1S/C12H21N/c1-4-10(2)11(3)13-12-8-6-5-7-9-12/h4,12-13H,3,5-9H2,1-2H3/b10-4-. The number of nitrogens with one attached hydrogen (secondary N) is 1. The highest BCUT2D eigenvalue weighted by Gasteiger charge is 2.13. The second-order valence-electron chi connectivity index (χ2n) is 3.93. The minimum absolute atomic E-state index is 0.677. The maximum Gasteiger partial charge on any atom is 0.0295 e. The first kappa shape index (κ1) is 10.4. The first-order chi connectivity index (χ1) is 6.24. The number of hydrogen-bond donors (Lipinski definition) is 1. The molecule has 0 aliphatic heterocycles. The van der Waals surface area contributed by atoms with Crippen LogP contribution in [0.2, 0.25) is 0 Å². The molecule has 0 amide bonds. The Bertz CT molecular complexity index is 197. The molecule has 1 rings (SSSR count). The largest absolute Gasteiger partial charge is 0.383 e. The summed E-state index contributed by atoms with van der Waals surface area (Å²) in [6.45, 7) is 8.21. The Labute approximate surface area is 81.9 Å². The Morgan fingerprint density at radius 2 is 1.92 bits per heavy atom. The highest BCUT2D eigenvalue weighted by molar-refractivity contribution is 5.24. The molecule has 0 spiro atoms. The Balaban J connectivity index is 2.34. The molecule has 13 heavy (non-hydrogen) atoms. The van der Waals surface area contributed by atoms with Crippen molar-refractivity contribution in [3.8, 4) is 0 Å². The first-order valence-corrected chi connectivity index (χ1v) is 5.32. The van der Waals surface area contributed by atoms with E-state index in [-0.39, 0.29) is 0 Å². The van der Waals surface area contributed by atoms with Crippen LogP contribution in [0.1, 0.15) is 46.0 Å². The minimum Gasteiger partial charge on any atom is -0.383 e. The quantitative estimate of drug-likeness (QED) is 0.655. The summed E-state index contributed by atoms with van der Waals surface area (Å²) in [5, 5.41) is 3.51. The van der Waals surface area contributed by atoms with Crippen molar-refractivity contribution in [3.05, 3.63) is 23.9 Å². The van der Waals surface area contributed by atoms with E-state index in [0.29, 0.717) is 6.04 Å². The molecule has 1 nitrogen and oxygen atoms in total. The van der Waals surface area contributed by atoms with Gasteiger partial charge in [-0.2, -0.15) is 0 Å². The molecule has 1 aliphatic carbocycles. The van der Waals surface area contributed by atoms with E-state index in [0.717, 1.165) is 5.70 Å². The van der Waals surface area contributed by atoms with Crippen molar-refractivity contribution in [1.29, 1.82) is 0 Å². The van der Waals surface area contributed by atoms with Crippen LogP contribution in [0.5, 0.6) is 0 Å². The van der Waals surface area contributed by atoms with E-state index in [1.807, 2.05) is 0 Å². The van der Waals surface area contributed by atoms with Gasteiger partial charge in [0.05, 0.1) is 0 Å². The molecule has 74 valence electrons. The molecular formula is C12H21N. The van der Waals surface area contributed by atoms with Crippen LogP contribution in [0.3, 0.4) is 0 Å². The van der Waals surface area contributed by atoms with E-state index in [4.69, 9.17) is 0 Å². The summed E-state index contributed by atoms with van der Waals surface area (Å²) < 4.78 is 0. The van der Waals surface area contributed by atoms with Crippen molar-refractivity contribution in [3.63, 3.8) is 0 Å². The van der Waals surface area contributed by atoms with E-state index >= 15 is 0 Å². The molecule has 1 fully saturated rings. The van der Waals surface area contributed by atoms with Crippen molar-refractivity contribution >= 4 is 0 Å². The molecule has 0 aromatic heterocycles. The van der Waals surface area contributed by atoms with E-state index in [9.17, 15) is 0 Å². The summed E-state index contributed by atoms with van der Waals surface area (Å²) in [5.41, 5.74) is 2.37. The fourth-order valence-electron chi connectivity index (χ4n) is 1.78. The Morgan fingerprint density at radius 1 is 1.31 bits per heavy atom. The van der Waals surface area contributed by atoms with Gasteiger partial charge in [-0.1, -0.05) is 31.9 Å². The third kappa shape index (κ3) is 3.25. The lowest BCUT2D eigenvalue weighted by atomic mass is 9.95. The fraction of sp³-hybridized carbons (Fsp3) is 0.667. The summed E-state index contributed by atoms with van der Waals surface area (Å²) in [6.07, 6.45) is 8.90. The summed E-state index contributed by atoms with van der Waals surface area (Å²) in [4.78, 5) is 0. The van der Waals surface area contributed by atoms with Gasteiger partial charge >= 0.3 is 0 Å². The molecule has 0 radical (unpaired) electrons. The van der Waals surface area contributed by atoms with Gasteiger partial charge in [0.25, 0.3) is 0 Å². The van der Waals surface area contributed by atoms with Gasteiger partial charge < -0.3 is 5.32 Å². The second kappa shape index (κ2) is 5.11.